The molecule has 2 heterocycles. The molecule has 14 heteroatoms. The van der Waals surface area contributed by atoms with Gasteiger partial charge in [0.15, 0.2) is 12.6 Å². The maximum atomic E-state index is 13.3. The van der Waals surface area contributed by atoms with Gasteiger partial charge in [0, 0.05) is 6.42 Å². The van der Waals surface area contributed by atoms with Crippen molar-refractivity contribution in [2.24, 2.45) is 0 Å². The molecule has 0 bridgehead atoms. The Bertz CT molecular complexity index is 1770. The van der Waals surface area contributed by atoms with Crippen molar-refractivity contribution < 1.29 is 64.6 Å². The first kappa shape index (κ1) is 73.8. The molecule has 9 N–H and O–H groups in total. The van der Waals surface area contributed by atoms with Crippen LogP contribution in [-0.2, 0) is 23.7 Å². The number of allylic oxidation sites excluding steroid dienone is 17. The molecule has 0 aromatic carbocycles. The lowest BCUT2D eigenvalue weighted by atomic mass is 9.97. The summed E-state index contributed by atoms with van der Waals surface area (Å²) in [5, 5.41) is 87.0. The van der Waals surface area contributed by atoms with Crippen LogP contribution in [0.25, 0.3) is 0 Å². The standard InChI is InChI=1S/C67H113NO13/c1-3-5-7-9-11-13-15-17-18-19-20-21-22-23-24-25-26-27-28-29-30-31-32-33-34-35-36-37-38-39-41-43-45-47-49-51-59(72)68-55(56(71)50-48-46-44-42-40-16-14-12-10-8-6-4-2)54-78-66-64(77)62(75)65(58(53-70)80-66)81-67-63(76)61(74)60(73)57(52-69)79-67/h5,7,11,13,17-18,20-21,23-24,26-27,29-30,40,42,48,50,55-58,60-67,69-71,73-77H,3-4,6,8-10,12,14-16,19,22,25,28,31-39,41,43-47,49,51-54H2,1-2H3,(H,68,72)/b7-5-,13-11-,18-17-,21-20-,24-23-,27-26-,30-29-,42-40+,50-48+. The smallest absolute Gasteiger partial charge is 0.220 e. The largest absolute Gasteiger partial charge is 0.394 e. The molecule has 0 spiro atoms. The Labute approximate surface area is 489 Å². The van der Waals surface area contributed by atoms with Crippen LogP contribution in [0.3, 0.4) is 0 Å². The molecule has 0 radical (unpaired) electrons. The zero-order valence-electron chi connectivity index (χ0n) is 50.0. The van der Waals surface area contributed by atoms with Crippen LogP contribution in [0.15, 0.2) is 109 Å². The van der Waals surface area contributed by atoms with Crippen molar-refractivity contribution in [2.75, 3.05) is 19.8 Å². The van der Waals surface area contributed by atoms with E-state index in [2.05, 4.69) is 116 Å². The zero-order valence-corrected chi connectivity index (χ0v) is 50.0. The summed E-state index contributed by atoms with van der Waals surface area (Å²) in [5.74, 6) is -0.256. The van der Waals surface area contributed by atoms with Crippen molar-refractivity contribution in [1.29, 1.82) is 0 Å². The third-order valence-corrected chi connectivity index (χ3v) is 14.7. The van der Waals surface area contributed by atoms with E-state index in [1.807, 2.05) is 6.08 Å². The molecule has 1 amide bonds. The predicted octanol–water partition coefficient (Wildman–Crippen LogP) is 11.6. The van der Waals surface area contributed by atoms with E-state index in [4.69, 9.17) is 18.9 Å². The van der Waals surface area contributed by atoms with E-state index >= 15 is 0 Å². The molecule has 12 unspecified atom stereocenters. The second kappa shape index (κ2) is 51.1. The van der Waals surface area contributed by atoms with Crippen molar-refractivity contribution >= 4 is 5.91 Å². The number of carbonyl (C=O) groups is 1. The Morgan fingerprint density at radius 1 is 0.457 bits per heavy atom. The van der Waals surface area contributed by atoms with Gasteiger partial charge in [-0.15, -0.1) is 0 Å². The van der Waals surface area contributed by atoms with Crippen molar-refractivity contribution in [1.82, 2.24) is 5.32 Å². The van der Waals surface area contributed by atoms with E-state index in [1.54, 1.807) is 6.08 Å². The fourth-order valence-corrected chi connectivity index (χ4v) is 9.64. The molecule has 12 atom stereocenters. The summed E-state index contributed by atoms with van der Waals surface area (Å²) in [7, 11) is 0. The molecule has 2 aliphatic rings. The molecule has 14 nitrogen and oxygen atoms in total. The number of nitrogens with one attached hydrogen (secondary N) is 1. The topological polar surface area (TPSA) is 228 Å². The van der Waals surface area contributed by atoms with E-state index < -0.39 is 86.8 Å². The number of aliphatic hydroxyl groups is 8. The highest BCUT2D eigenvalue weighted by molar-refractivity contribution is 5.76. The van der Waals surface area contributed by atoms with Crippen LogP contribution in [0.4, 0.5) is 0 Å². The van der Waals surface area contributed by atoms with Crippen molar-refractivity contribution in [3.05, 3.63) is 109 Å². The molecule has 2 saturated heterocycles. The molecule has 2 rings (SSSR count). The molecular weight excluding hydrogens is 1030 g/mol. The van der Waals surface area contributed by atoms with Gasteiger partial charge in [0.2, 0.25) is 5.91 Å². The number of hydrogen-bond acceptors (Lipinski definition) is 13. The highest BCUT2D eigenvalue weighted by Gasteiger charge is 2.51. The minimum Gasteiger partial charge on any atom is -0.394 e. The van der Waals surface area contributed by atoms with E-state index in [-0.39, 0.29) is 18.9 Å². The normalized spacial score (nSPS) is 24.9. The Morgan fingerprint density at radius 3 is 1.36 bits per heavy atom. The Kier molecular flexibility index (Phi) is 46.5. The first-order valence-corrected chi connectivity index (χ1v) is 31.6. The number of hydrogen-bond donors (Lipinski definition) is 9. The summed E-state index contributed by atoms with van der Waals surface area (Å²) in [6, 6.07) is -0.937. The zero-order chi connectivity index (χ0) is 58.8. The van der Waals surface area contributed by atoms with Crippen molar-refractivity contribution in [3.63, 3.8) is 0 Å². The monoisotopic (exact) mass is 1140 g/mol. The maximum absolute atomic E-state index is 13.3. The second-order valence-corrected chi connectivity index (χ2v) is 21.8. The van der Waals surface area contributed by atoms with E-state index in [0.717, 1.165) is 83.5 Å². The summed E-state index contributed by atoms with van der Waals surface area (Å²) in [6.07, 6.45) is 55.8. The summed E-state index contributed by atoms with van der Waals surface area (Å²) in [4.78, 5) is 13.3. The molecule has 0 aliphatic carbocycles. The first-order chi connectivity index (χ1) is 39.6. The molecule has 0 saturated carbocycles. The van der Waals surface area contributed by atoms with Crippen LogP contribution < -0.4 is 5.32 Å². The van der Waals surface area contributed by atoms with E-state index in [0.29, 0.717) is 12.8 Å². The van der Waals surface area contributed by atoms with Crippen LogP contribution >= 0.6 is 0 Å². The average Bonchev–Trinajstić information content (AvgIpc) is 3.46. The lowest BCUT2D eigenvalue weighted by Crippen LogP contribution is -2.65. The van der Waals surface area contributed by atoms with Crippen LogP contribution in [0, 0.1) is 0 Å². The molecular formula is C67H113NO13. The first-order valence-electron chi connectivity index (χ1n) is 31.6. The molecule has 2 aliphatic heterocycles. The number of unbranched alkanes of at least 4 members (excludes halogenated alkanes) is 20. The minimum absolute atomic E-state index is 0.256. The third-order valence-electron chi connectivity index (χ3n) is 14.7. The Hall–Kier alpha value is -3.35. The number of ether oxygens (including phenoxy) is 4. The second-order valence-electron chi connectivity index (χ2n) is 21.8. The van der Waals surface area contributed by atoms with Crippen molar-refractivity contribution in [2.45, 2.75) is 286 Å². The number of carbonyl (C=O) groups excluding carboxylic acids is 1. The summed E-state index contributed by atoms with van der Waals surface area (Å²) in [6.45, 7) is 2.63. The molecule has 81 heavy (non-hydrogen) atoms. The molecule has 0 aromatic rings. The van der Waals surface area contributed by atoms with Gasteiger partial charge in [-0.05, 0) is 89.9 Å². The van der Waals surface area contributed by atoms with Crippen LogP contribution in [-0.4, -0.2) is 140 Å². The van der Waals surface area contributed by atoms with Crippen LogP contribution in [0.5, 0.6) is 0 Å². The predicted molar refractivity (Wildman–Crippen MR) is 327 cm³/mol. The Morgan fingerprint density at radius 2 is 0.864 bits per heavy atom. The van der Waals surface area contributed by atoms with Gasteiger partial charge in [-0.2, -0.15) is 0 Å². The van der Waals surface area contributed by atoms with Gasteiger partial charge < -0.3 is 65.1 Å². The van der Waals surface area contributed by atoms with Gasteiger partial charge in [0.1, 0.15) is 48.8 Å². The number of aliphatic hydroxyl groups excluding tert-OH is 8. The number of rotatable bonds is 49. The van der Waals surface area contributed by atoms with Gasteiger partial charge in [-0.25, -0.2) is 0 Å². The van der Waals surface area contributed by atoms with E-state index in [9.17, 15) is 45.6 Å². The fourth-order valence-electron chi connectivity index (χ4n) is 9.64. The van der Waals surface area contributed by atoms with Gasteiger partial charge >= 0.3 is 0 Å². The SMILES string of the molecule is CC/C=C\C/C=C\C/C=C\C/C=C\C/C=C\C/C=C\C/C=C\CCCCCCCCCCCCCCCC(=O)NC(COC1OC(CO)C(OC2OC(CO)C(O)C(O)C2O)C(O)C1O)C(O)/C=C/CC/C=C/CCCCCCCC. The lowest BCUT2D eigenvalue weighted by molar-refractivity contribution is -0.359. The van der Waals surface area contributed by atoms with E-state index in [1.165, 1.54) is 96.3 Å². The minimum atomic E-state index is -1.79. The third kappa shape index (κ3) is 36.2. The molecule has 464 valence electrons. The summed E-state index contributed by atoms with van der Waals surface area (Å²) < 4.78 is 22.7. The highest BCUT2D eigenvalue weighted by Crippen LogP contribution is 2.30. The lowest BCUT2D eigenvalue weighted by Gasteiger charge is -2.46. The molecule has 2 fully saturated rings. The highest BCUT2D eigenvalue weighted by atomic mass is 16.7. The average molecular weight is 1140 g/mol. The fraction of sp³-hybridized carbons (Fsp3) is 0.716. The van der Waals surface area contributed by atoms with Gasteiger partial charge in [0.05, 0.1) is 32.0 Å². The molecule has 0 aromatic heterocycles. The Balaban J connectivity index is 1.64. The maximum Gasteiger partial charge on any atom is 0.220 e. The van der Waals surface area contributed by atoms with Crippen LogP contribution in [0.2, 0.25) is 0 Å². The summed E-state index contributed by atoms with van der Waals surface area (Å²) >= 11 is 0. The van der Waals surface area contributed by atoms with Gasteiger partial charge in [-0.3, -0.25) is 4.79 Å². The van der Waals surface area contributed by atoms with Crippen molar-refractivity contribution in [3.8, 4) is 0 Å². The quantitative estimate of drug-likeness (QED) is 0.0204. The van der Waals surface area contributed by atoms with Gasteiger partial charge in [-0.1, -0.05) is 226 Å². The van der Waals surface area contributed by atoms with Gasteiger partial charge in [0.25, 0.3) is 0 Å². The summed E-state index contributed by atoms with van der Waals surface area (Å²) in [5.41, 5.74) is 0. The van der Waals surface area contributed by atoms with Crippen LogP contribution in [0.1, 0.15) is 213 Å². The number of amides is 1.